The molecule has 2 aromatic heterocycles. The van der Waals surface area contributed by atoms with Gasteiger partial charge in [-0.1, -0.05) is 0 Å². The fraction of sp³-hybridized carbons (Fsp3) is 0.125. The maximum Gasteiger partial charge on any atom is 0.235 e. The van der Waals surface area contributed by atoms with E-state index in [-0.39, 0.29) is 4.60 Å². The van der Waals surface area contributed by atoms with Crippen molar-refractivity contribution in [1.29, 1.82) is 0 Å². The predicted octanol–water partition coefficient (Wildman–Crippen LogP) is 1.57. The minimum Gasteiger partial charge on any atom is -0.480 e. The summed E-state index contributed by atoms with van der Waals surface area (Å²) in [6.45, 7) is 0. The number of rotatable bonds is 2. The monoisotopic (exact) mass is 272 g/mol. The second-order valence-electron chi connectivity index (χ2n) is 2.67. The van der Waals surface area contributed by atoms with Crippen molar-refractivity contribution in [2.45, 2.75) is 0 Å². The van der Waals surface area contributed by atoms with E-state index < -0.39 is 5.82 Å². The SMILES string of the molecule is COc1cc(-n2cc(F)c(Br)n2)cnn1. The highest BCUT2D eigenvalue weighted by molar-refractivity contribution is 9.10. The van der Waals surface area contributed by atoms with Crippen LogP contribution in [0.25, 0.3) is 5.69 Å². The van der Waals surface area contributed by atoms with Crippen LogP contribution in [0.4, 0.5) is 4.39 Å². The van der Waals surface area contributed by atoms with Crippen LogP contribution in [0.2, 0.25) is 0 Å². The molecule has 0 saturated heterocycles. The van der Waals surface area contributed by atoms with E-state index in [1.807, 2.05) is 0 Å². The second-order valence-corrected chi connectivity index (χ2v) is 3.42. The third kappa shape index (κ3) is 1.96. The van der Waals surface area contributed by atoms with E-state index >= 15 is 0 Å². The molecule has 0 aliphatic carbocycles. The molecule has 78 valence electrons. The molecule has 0 radical (unpaired) electrons. The van der Waals surface area contributed by atoms with Gasteiger partial charge in [0.15, 0.2) is 10.4 Å². The third-order valence-electron chi connectivity index (χ3n) is 1.72. The molecule has 0 fully saturated rings. The molecule has 0 N–H and O–H groups in total. The van der Waals surface area contributed by atoms with Gasteiger partial charge in [-0.05, 0) is 15.9 Å². The van der Waals surface area contributed by atoms with Gasteiger partial charge in [-0.25, -0.2) is 9.07 Å². The fourth-order valence-electron chi connectivity index (χ4n) is 1.03. The van der Waals surface area contributed by atoms with Crippen molar-refractivity contribution in [3.05, 3.63) is 28.9 Å². The molecule has 2 rings (SSSR count). The van der Waals surface area contributed by atoms with Gasteiger partial charge in [0.2, 0.25) is 5.88 Å². The first-order valence-corrected chi connectivity index (χ1v) is 4.78. The molecule has 0 bridgehead atoms. The van der Waals surface area contributed by atoms with E-state index in [1.165, 1.54) is 24.2 Å². The summed E-state index contributed by atoms with van der Waals surface area (Å²) in [5.74, 6) is -0.0923. The number of nitrogens with zero attached hydrogens (tertiary/aromatic N) is 4. The molecule has 0 amide bonds. The topological polar surface area (TPSA) is 52.8 Å². The predicted molar refractivity (Wildman–Crippen MR) is 53.4 cm³/mol. The molecule has 0 aliphatic rings. The van der Waals surface area contributed by atoms with Crippen molar-refractivity contribution in [3.63, 3.8) is 0 Å². The maximum absolute atomic E-state index is 13.0. The van der Waals surface area contributed by atoms with Crippen molar-refractivity contribution in [3.8, 4) is 11.6 Å². The number of ether oxygens (including phenoxy) is 1. The third-order valence-corrected chi connectivity index (χ3v) is 2.26. The maximum atomic E-state index is 13.0. The Morgan fingerprint density at radius 3 is 2.93 bits per heavy atom. The largest absolute Gasteiger partial charge is 0.480 e. The summed E-state index contributed by atoms with van der Waals surface area (Å²) in [6.07, 6.45) is 2.70. The van der Waals surface area contributed by atoms with E-state index in [0.29, 0.717) is 11.6 Å². The van der Waals surface area contributed by atoms with Crippen LogP contribution in [0.5, 0.6) is 5.88 Å². The minimum absolute atomic E-state index is 0.151. The van der Waals surface area contributed by atoms with Crippen LogP contribution in [0.3, 0.4) is 0 Å². The van der Waals surface area contributed by atoms with Crippen molar-refractivity contribution in [2.24, 2.45) is 0 Å². The van der Waals surface area contributed by atoms with Gasteiger partial charge >= 0.3 is 0 Å². The molecule has 2 aromatic rings. The number of hydrogen-bond acceptors (Lipinski definition) is 4. The lowest BCUT2D eigenvalue weighted by Crippen LogP contribution is -1.98. The summed E-state index contributed by atoms with van der Waals surface area (Å²) in [7, 11) is 1.48. The summed E-state index contributed by atoms with van der Waals surface area (Å²) < 4.78 is 19.4. The molecule has 0 saturated carbocycles. The first-order valence-electron chi connectivity index (χ1n) is 3.98. The first kappa shape index (κ1) is 10.0. The minimum atomic E-state index is -0.439. The average Bonchev–Trinajstić information content (AvgIpc) is 2.59. The summed E-state index contributed by atoms with van der Waals surface area (Å²) in [4.78, 5) is 0. The van der Waals surface area contributed by atoms with Crippen molar-refractivity contribution in [2.75, 3.05) is 7.11 Å². The highest BCUT2D eigenvalue weighted by atomic mass is 79.9. The molecule has 5 nitrogen and oxygen atoms in total. The quantitative estimate of drug-likeness (QED) is 0.833. The highest BCUT2D eigenvalue weighted by Crippen LogP contribution is 2.16. The zero-order valence-corrected chi connectivity index (χ0v) is 9.27. The van der Waals surface area contributed by atoms with Crippen LogP contribution >= 0.6 is 15.9 Å². The van der Waals surface area contributed by atoms with E-state index in [4.69, 9.17) is 4.74 Å². The van der Waals surface area contributed by atoms with Gasteiger partial charge in [-0.3, -0.25) is 0 Å². The Kier molecular flexibility index (Phi) is 2.63. The van der Waals surface area contributed by atoms with Crippen LogP contribution in [0, 0.1) is 5.82 Å². The van der Waals surface area contributed by atoms with E-state index in [0.717, 1.165) is 0 Å². The number of aromatic nitrogens is 4. The number of methoxy groups -OCH3 is 1. The van der Waals surface area contributed by atoms with Gasteiger partial charge in [0.25, 0.3) is 0 Å². The van der Waals surface area contributed by atoms with Crippen LogP contribution < -0.4 is 4.74 Å². The lowest BCUT2D eigenvalue weighted by atomic mass is 10.4. The van der Waals surface area contributed by atoms with E-state index in [9.17, 15) is 4.39 Å². The Morgan fingerprint density at radius 1 is 1.53 bits per heavy atom. The lowest BCUT2D eigenvalue weighted by Gasteiger charge is -2.01. The molecule has 0 spiro atoms. The Balaban J connectivity index is 2.44. The molecular weight excluding hydrogens is 267 g/mol. The number of halogens is 2. The standard InChI is InChI=1S/C8H6BrFN4O/c1-15-7-2-5(3-11-12-7)14-4-6(10)8(9)13-14/h2-4H,1H3. The lowest BCUT2D eigenvalue weighted by molar-refractivity contribution is 0.391. The molecule has 15 heavy (non-hydrogen) atoms. The molecule has 0 atom stereocenters. The Bertz CT molecular complexity index is 468. The first-order chi connectivity index (χ1) is 7.20. The van der Waals surface area contributed by atoms with Crippen LogP contribution in [-0.2, 0) is 0 Å². The molecule has 2 heterocycles. The molecule has 0 aliphatic heterocycles. The van der Waals surface area contributed by atoms with Crippen molar-refractivity contribution >= 4 is 15.9 Å². The molecule has 0 unspecified atom stereocenters. The highest BCUT2D eigenvalue weighted by Gasteiger charge is 2.07. The molecule has 7 heteroatoms. The van der Waals surface area contributed by atoms with Crippen LogP contribution in [0.1, 0.15) is 0 Å². The molecular formula is C8H6BrFN4O. The Hall–Kier alpha value is -1.50. The normalized spacial score (nSPS) is 10.3. The van der Waals surface area contributed by atoms with Crippen molar-refractivity contribution in [1.82, 2.24) is 20.0 Å². The van der Waals surface area contributed by atoms with Gasteiger partial charge in [0.1, 0.15) is 0 Å². The summed E-state index contributed by atoms with van der Waals surface area (Å²) >= 11 is 2.97. The van der Waals surface area contributed by atoms with Gasteiger partial charge in [-0.15, -0.1) is 5.10 Å². The Morgan fingerprint density at radius 2 is 2.33 bits per heavy atom. The summed E-state index contributed by atoms with van der Waals surface area (Å²) in [6, 6.07) is 1.60. The smallest absolute Gasteiger partial charge is 0.235 e. The Labute approximate surface area is 93.0 Å². The molecule has 0 aromatic carbocycles. The van der Waals surface area contributed by atoms with Crippen molar-refractivity contribution < 1.29 is 9.13 Å². The fourth-order valence-corrected chi connectivity index (χ4v) is 1.30. The summed E-state index contributed by atoms with van der Waals surface area (Å²) in [5, 5.41) is 11.3. The van der Waals surface area contributed by atoms with Gasteiger partial charge < -0.3 is 4.74 Å². The summed E-state index contributed by atoms with van der Waals surface area (Å²) in [5.41, 5.74) is 0.575. The van der Waals surface area contributed by atoms with E-state index in [2.05, 4.69) is 31.2 Å². The average molecular weight is 273 g/mol. The number of hydrogen-bond donors (Lipinski definition) is 0. The van der Waals surface area contributed by atoms with Crippen LogP contribution in [-0.4, -0.2) is 27.1 Å². The van der Waals surface area contributed by atoms with Gasteiger partial charge in [0.05, 0.1) is 25.2 Å². The van der Waals surface area contributed by atoms with Gasteiger partial charge in [0, 0.05) is 6.07 Å². The second kappa shape index (κ2) is 3.93. The van der Waals surface area contributed by atoms with Crippen LogP contribution in [0.15, 0.2) is 23.1 Å². The zero-order valence-electron chi connectivity index (χ0n) is 7.69. The van der Waals surface area contributed by atoms with Gasteiger partial charge in [-0.2, -0.15) is 10.2 Å². The zero-order chi connectivity index (χ0) is 10.8. The van der Waals surface area contributed by atoms with E-state index in [1.54, 1.807) is 6.07 Å².